The third-order valence-corrected chi connectivity index (χ3v) is 6.06. The Morgan fingerprint density at radius 1 is 1.16 bits per heavy atom. The van der Waals surface area contributed by atoms with Crippen LogP contribution in [0.2, 0.25) is 4.34 Å². The normalized spacial score (nSPS) is 15.1. The summed E-state index contributed by atoms with van der Waals surface area (Å²) >= 11 is 7.00. The fourth-order valence-electron chi connectivity index (χ4n) is 3.23. The zero-order valence-electron chi connectivity index (χ0n) is 17.9. The van der Waals surface area contributed by atoms with Crippen LogP contribution in [0.25, 0.3) is 0 Å². The fourth-order valence-corrected chi connectivity index (χ4v) is 4.10. The summed E-state index contributed by atoms with van der Waals surface area (Å²) in [5.74, 6) is -0.368. The van der Waals surface area contributed by atoms with Crippen molar-refractivity contribution in [1.29, 1.82) is 0 Å². The first kappa shape index (κ1) is 23.5. The number of ether oxygens (including phenoxy) is 2. The van der Waals surface area contributed by atoms with Crippen LogP contribution in [-0.4, -0.2) is 55.8 Å². The van der Waals surface area contributed by atoms with Gasteiger partial charge in [0.05, 0.1) is 17.0 Å². The van der Waals surface area contributed by atoms with Crippen molar-refractivity contribution in [2.75, 3.05) is 32.1 Å². The van der Waals surface area contributed by atoms with E-state index in [0.29, 0.717) is 15.1 Å². The van der Waals surface area contributed by atoms with E-state index in [0.717, 1.165) is 37.3 Å². The van der Waals surface area contributed by atoms with Gasteiger partial charge in [0, 0.05) is 18.8 Å². The van der Waals surface area contributed by atoms with Gasteiger partial charge in [-0.25, -0.2) is 4.79 Å². The molecule has 9 heteroatoms. The van der Waals surface area contributed by atoms with Crippen LogP contribution >= 0.6 is 22.9 Å². The number of fused-ring (bicyclic) bond motifs is 1. The molecule has 0 radical (unpaired) electrons. The Bertz CT molecular complexity index is 918. The van der Waals surface area contributed by atoms with E-state index in [2.05, 4.69) is 28.6 Å². The van der Waals surface area contributed by atoms with E-state index in [1.54, 1.807) is 12.1 Å². The van der Waals surface area contributed by atoms with Gasteiger partial charge in [0.25, 0.3) is 0 Å². The lowest BCUT2D eigenvalue weighted by Crippen LogP contribution is -2.48. The number of thiophene rings is 1. The van der Waals surface area contributed by atoms with Gasteiger partial charge >= 0.3 is 6.09 Å². The van der Waals surface area contributed by atoms with Crippen LogP contribution in [-0.2, 0) is 22.4 Å². The lowest BCUT2D eigenvalue weighted by atomic mass is 10.0. The quantitative estimate of drug-likeness (QED) is 0.647. The number of rotatable bonds is 7. The van der Waals surface area contributed by atoms with Crippen LogP contribution in [0.15, 0.2) is 30.3 Å². The maximum atomic E-state index is 12.9. The van der Waals surface area contributed by atoms with Gasteiger partial charge in [-0.3, -0.25) is 4.79 Å². The van der Waals surface area contributed by atoms with Gasteiger partial charge in [-0.1, -0.05) is 29.0 Å². The number of anilines is 1. The molecule has 0 saturated carbocycles. The number of hydrogen-bond acceptors (Lipinski definition) is 6. The lowest BCUT2D eigenvalue weighted by molar-refractivity contribution is -0.119. The average Bonchev–Trinajstić information content (AvgIpc) is 3.02. The Balaban J connectivity index is 1.66. The molecule has 0 bridgehead atoms. The highest BCUT2D eigenvalue weighted by Crippen LogP contribution is 2.28. The molecule has 1 atom stereocenters. The molecule has 31 heavy (non-hydrogen) atoms. The SMILES string of the molecule is CC(C)OCC(NC(=O)Oc1ccc(Cl)s1)C(=O)Nc1ccc2c(c1)CCN(C)CC2. The van der Waals surface area contributed by atoms with Gasteiger partial charge in [0.15, 0.2) is 5.06 Å². The first-order valence-corrected chi connectivity index (χ1v) is 11.5. The van der Waals surface area contributed by atoms with Gasteiger partial charge in [-0.2, -0.15) is 0 Å². The Labute approximate surface area is 191 Å². The van der Waals surface area contributed by atoms with Crippen molar-refractivity contribution in [2.45, 2.75) is 38.8 Å². The summed E-state index contributed by atoms with van der Waals surface area (Å²) in [5.41, 5.74) is 3.24. The Morgan fingerprint density at radius 3 is 2.58 bits per heavy atom. The van der Waals surface area contributed by atoms with Crippen molar-refractivity contribution in [2.24, 2.45) is 0 Å². The molecule has 0 saturated heterocycles. The number of amides is 2. The third kappa shape index (κ3) is 7.21. The lowest BCUT2D eigenvalue weighted by Gasteiger charge is -2.20. The largest absolute Gasteiger partial charge is 0.414 e. The zero-order chi connectivity index (χ0) is 22.4. The van der Waals surface area contributed by atoms with E-state index in [9.17, 15) is 9.59 Å². The summed E-state index contributed by atoms with van der Waals surface area (Å²) in [6.45, 7) is 5.76. The van der Waals surface area contributed by atoms with Crippen molar-refractivity contribution >= 4 is 40.6 Å². The number of carbonyl (C=O) groups is 2. The number of benzene rings is 1. The topological polar surface area (TPSA) is 79.9 Å². The molecule has 1 aliphatic heterocycles. The number of halogens is 1. The van der Waals surface area contributed by atoms with Gasteiger partial charge in [-0.05, 0) is 69.1 Å². The van der Waals surface area contributed by atoms with E-state index in [4.69, 9.17) is 21.1 Å². The minimum Gasteiger partial charge on any atom is -0.399 e. The van der Waals surface area contributed by atoms with Gasteiger partial charge < -0.3 is 25.0 Å². The molecule has 1 aromatic carbocycles. The minimum atomic E-state index is -0.907. The Hall–Kier alpha value is -2.13. The zero-order valence-corrected chi connectivity index (χ0v) is 19.5. The predicted octanol–water partition coefficient (Wildman–Crippen LogP) is 3.95. The van der Waals surface area contributed by atoms with Crippen LogP contribution < -0.4 is 15.4 Å². The molecule has 2 aromatic rings. The van der Waals surface area contributed by atoms with Crippen molar-refractivity contribution < 1.29 is 19.1 Å². The van der Waals surface area contributed by atoms with E-state index in [1.165, 1.54) is 11.1 Å². The maximum Gasteiger partial charge on any atom is 0.414 e. The monoisotopic (exact) mass is 465 g/mol. The summed E-state index contributed by atoms with van der Waals surface area (Å²) in [4.78, 5) is 27.5. The first-order valence-electron chi connectivity index (χ1n) is 10.3. The molecule has 0 fully saturated rings. The molecule has 2 N–H and O–H groups in total. The molecule has 168 valence electrons. The van der Waals surface area contributed by atoms with Crippen molar-refractivity contribution in [3.8, 4) is 5.06 Å². The molecule has 1 aromatic heterocycles. The van der Waals surface area contributed by atoms with E-state index in [-0.39, 0.29) is 18.6 Å². The second kappa shape index (κ2) is 10.9. The molecule has 1 aliphatic rings. The highest BCUT2D eigenvalue weighted by atomic mass is 35.5. The Kier molecular flexibility index (Phi) is 8.31. The van der Waals surface area contributed by atoms with Gasteiger partial charge in [0.1, 0.15) is 6.04 Å². The Morgan fingerprint density at radius 2 is 1.90 bits per heavy atom. The van der Waals surface area contributed by atoms with E-state index in [1.807, 2.05) is 26.0 Å². The molecule has 0 aliphatic carbocycles. The second-order valence-electron chi connectivity index (χ2n) is 7.80. The molecular weight excluding hydrogens is 438 g/mol. The van der Waals surface area contributed by atoms with Crippen LogP contribution in [0.4, 0.5) is 10.5 Å². The predicted molar refractivity (Wildman–Crippen MR) is 123 cm³/mol. The number of hydrogen-bond donors (Lipinski definition) is 2. The van der Waals surface area contributed by atoms with Crippen LogP contribution in [0.3, 0.4) is 0 Å². The first-order chi connectivity index (χ1) is 14.8. The average molecular weight is 466 g/mol. The maximum absolute atomic E-state index is 12.9. The minimum absolute atomic E-state index is 0.0273. The molecule has 7 nitrogen and oxygen atoms in total. The number of nitrogens with zero attached hydrogens (tertiary/aromatic N) is 1. The van der Waals surface area contributed by atoms with E-state index >= 15 is 0 Å². The highest BCUT2D eigenvalue weighted by molar-refractivity contribution is 7.17. The van der Waals surface area contributed by atoms with Crippen LogP contribution in [0.5, 0.6) is 5.06 Å². The smallest absolute Gasteiger partial charge is 0.399 e. The molecular formula is C22H28ClN3O4S. The summed E-state index contributed by atoms with van der Waals surface area (Å²) in [7, 11) is 2.11. The molecule has 3 rings (SSSR count). The molecule has 0 spiro atoms. The van der Waals surface area contributed by atoms with Crippen LogP contribution in [0.1, 0.15) is 25.0 Å². The molecule has 2 heterocycles. The van der Waals surface area contributed by atoms with E-state index < -0.39 is 12.1 Å². The second-order valence-corrected chi connectivity index (χ2v) is 9.48. The van der Waals surface area contributed by atoms with Crippen molar-refractivity contribution in [1.82, 2.24) is 10.2 Å². The summed E-state index contributed by atoms with van der Waals surface area (Å²) in [5, 5.41) is 5.84. The highest BCUT2D eigenvalue weighted by Gasteiger charge is 2.24. The third-order valence-electron chi connectivity index (χ3n) is 4.95. The van der Waals surface area contributed by atoms with Crippen molar-refractivity contribution in [3.63, 3.8) is 0 Å². The molecule has 2 amide bonds. The van der Waals surface area contributed by atoms with Gasteiger partial charge in [-0.15, -0.1) is 0 Å². The van der Waals surface area contributed by atoms with Gasteiger partial charge in [0.2, 0.25) is 5.91 Å². The summed E-state index contributed by atoms with van der Waals surface area (Å²) in [6, 6.07) is 8.30. The number of nitrogens with one attached hydrogen (secondary N) is 2. The standard InChI is InChI=1S/C22H28ClN3O4S/c1-14(2)29-13-18(25-22(28)30-20-7-6-19(23)31-20)21(27)24-17-5-4-15-8-10-26(3)11-9-16(15)12-17/h4-7,12,14,18H,8-11,13H2,1-3H3,(H,24,27)(H,25,28). The van der Waals surface area contributed by atoms with Crippen LogP contribution in [0, 0.1) is 0 Å². The number of likely N-dealkylation sites (N-methyl/N-ethyl adjacent to an activating group) is 1. The molecule has 1 unspecified atom stereocenters. The van der Waals surface area contributed by atoms with Crippen molar-refractivity contribution in [3.05, 3.63) is 45.8 Å². The summed E-state index contributed by atoms with van der Waals surface area (Å²) < 4.78 is 11.3. The summed E-state index contributed by atoms with van der Waals surface area (Å²) in [6.07, 6.45) is 1.10. The fraction of sp³-hybridized carbons (Fsp3) is 0.455. The number of carbonyl (C=O) groups excluding carboxylic acids is 2.